The topological polar surface area (TPSA) is 41.5 Å². The van der Waals surface area contributed by atoms with Crippen molar-refractivity contribution in [2.45, 2.75) is 37.0 Å². The number of hydrogen-bond donors (Lipinski definition) is 1. The van der Waals surface area contributed by atoms with E-state index in [1.807, 2.05) is 24.3 Å². The Kier molecular flexibility index (Phi) is 4.37. The van der Waals surface area contributed by atoms with Gasteiger partial charge in [0.2, 0.25) is 5.91 Å². The minimum atomic E-state index is -0.0220. The number of hydrazone groups is 1. The highest BCUT2D eigenvalue weighted by atomic mass is 35.5. The number of hydrogen-bond acceptors (Lipinski definition) is 3. The van der Waals surface area contributed by atoms with Crippen molar-refractivity contribution >= 4 is 35.0 Å². The van der Waals surface area contributed by atoms with E-state index in [4.69, 9.17) is 11.6 Å². The Morgan fingerprint density at radius 2 is 1.70 bits per heavy atom. The monoisotopic (exact) mass is 348 g/mol. The van der Waals surface area contributed by atoms with Gasteiger partial charge >= 0.3 is 0 Å². The molecule has 1 aromatic carbocycles. The lowest BCUT2D eigenvalue weighted by atomic mass is 9.55. The van der Waals surface area contributed by atoms with Crippen LogP contribution in [0, 0.1) is 23.7 Å². The fourth-order valence-electron chi connectivity index (χ4n) is 4.69. The van der Waals surface area contributed by atoms with Crippen molar-refractivity contribution in [2.75, 3.05) is 5.75 Å². The molecule has 0 unspecified atom stereocenters. The second-order valence-corrected chi connectivity index (χ2v) is 8.60. The fraction of sp³-hybridized carbons (Fsp3) is 0.556. The van der Waals surface area contributed by atoms with Crippen LogP contribution in [0.1, 0.15) is 32.1 Å². The maximum Gasteiger partial charge on any atom is 0.250 e. The van der Waals surface area contributed by atoms with Gasteiger partial charge in [-0.2, -0.15) is 5.10 Å². The molecule has 0 heterocycles. The molecule has 0 atom stereocenters. The summed E-state index contributed by atoms with van der Waals surface area (Å²) in [5, 5.41) is 5.25. The van der Waals surface area contributed by atoms with Crippen molar-refractivity contribution in [2.24, 2.45) is 28.8 Å². The lowest BCUT2D eigenvalue weighted by molar-refractivity contribution is -0.118. The van der Waals surface area contributed by atoms with Crippen LogP contribution in [0.25, 0.3) is 0 Å². The molecule has 0 spiro atoms. The van der Waals surface area contributed by atoms with Crippen LogP contribution < -0.4 is 5.43 Å². The number of halogens is 1. The fourth-order valence-corrected chi connectivity index (χ4v) is 5.51. The van der Waals surface area contributed by atoms with Gasteiger partial charge in [-0.05, 0) is 80.0 Å². The van der Waals surface area contributed by atoms with Crippen molar-refractivity contribution in [1.82, 2.24) is 5.43 Å². The first kappa shape index (κ1) is 15.5. The van der Waals surface area contributed by atoms with E-state index in [1.165, 1.54) is 49.6 Å². The van der Waals surface area contributed by atoms with Crippen LogP contribution in [-0.4, -0.2) is 17.4 Å². The van der Waals surface area contributed by atoms with E-state index < -0.39 is 0 Å². The smallest absolute Gasteiger partial charge is 0.250 e. The molecular formula is C18H21ClN2OS. The average Bonchev–Trinajstić information content (AvgIpc) is 2.53. The van der Waals surface area contributed by atoms with E-state index in [0.717, 1.165) is 16.7 Å². The number of nitrogens with zero attached hydrogens (tertiary/aromatic N) is 1. The van der Waals surface area contributed by atoms with Gasteiger partial charge in [-0.1, -0.05) is 11.6 Å². The van der Waals surface area contributed by atoms with E-state index >= 15 is 0 Å². The van der Waals surface area contributed by atoms with Gasteiger partial charge in [0, 0.05) is 15.6 Å². The van der Waals surface area contributed by atoms with Crippen LogP contribution in [0.15, 0.2) is 34.3 Å². The SMILES string of the molecule is O=C(CSc1ccc(Cl)cc1)NN=C1C2CC3CC(C2)CC1C3. The molecule has 0 saturated heterocycles. The second kappa shape index (κ2) is 6.48. The Hall–Kier alpha value is -1.00. The number of amides is 1. The Morgan fingerprint density at radius 3 is 2.30 bits per heavy atom. The molecule has 5 rings (SSSR count). The molecule has 4 fully saturated rings. The minimum Gasteiger partial charge on any atom is -0.272 e. The number of benzene rings is 1. The van der Waals surface area contributed by atoms with Crippen molar-refractivity contribution in [3.05, 3.63) is 29.3 Å². The molecular weight excluding hydrogens is 328 g/mol. The molecule has 0 aromatic heterocycles. The molecule has 3 nitrogen and oxygen atoms in total. The number of carbonyl (C=O) groups is 1. The van der Waals surface area contributed by atoms with Gasteiger partial charge in [0.1, 0.15) is 0 Å². The molecule has 1 aromatic rings. The third kappa shape index (κ3) is 3.43. The molecule has 4 aliphatic rings. The van der Waals surface area contributed by atoms with Gasteiger partial charge in [-0.3, -0.25) is 4.79 Å². The van der Waals surface area contributed by atoms with E-state index in [1.54, 1.807) is 0 Å². The Morgan fingerprint density at radius 1 is 1.09 bits per heavy atom. The first-order valence-electron chi connectivity index (χ1n) is 8.42. The standard InChI is InChI=1S/C18H21ClN2OS/c19-15-1-3-16(4-2-15)23-10-17(22)20-21-18-13-6-11-5-12(8-13)9-14(18)7-11/h1-4,11-14H,5-10H2,(H,20,22). The van der Waals surface area contributed by atoms with Gasteiger partial charge < -0.3 is 0 Å². The summed E-state index contributed by atoms with van der Waals surface area (Å²) in [5.74, 6) is 3.48. The van der Waals surface area contributed by atoms with Crippen LogP contribution in [0.4, 0.5) is 0 Å². The van der Waals surface area contributed by atoms with Crippen molar-refractivity contribution in [1.29, 1.82) is 0 Å². The zero-order valence-corrected chi connectivity index (χ0v) is 14.6. The Labute approximate surface area is 146 Å². The number of nitrogens with one attached hydrogen (secondary N) is 1. The second-order valence-electron chi connectivity index (χ2n) is 7.12. The van der Waals surface area contributed by atoms with Crippen molar-refractivity contribution in [3.63, 3.8) is 0 Å². The molecule has 23 heavy (non-hydrogen) atoms. The number of carbonyl (C=O) groups excluding carboxylic acids is 1. The summed E-state index contributed by atoms with van der Waals surface area (Å²) >= 11 is 7.38. The molecule has 122 valence electrons. The lowest BCUT2D eigenvalue weighted by Crippen LogP contribution is -2.46. The largest absolute Gasteiger partial charge is 0.272 e. The molecule has 0 radical (unpaired) electrons. The summed E-state index contributed by atoms with van der Waals surface area (Å²) in [6.45, 7) is 0. The molecule has 1 amide bonds. The summed E-state index contributed by atoms with van der Waals surface area (Å²) in [5.41, 5.74) is 4.07. The maximum absolute atomic E-state index is 12.1. The van der Waals surface area contributed by atoms with Gasteiger partial charge in [0.05, 0.1) is 5.75 Å². The highest BCUT2D eigenvalue weighted by Crippen LogP contribution is 2.52. The predicted molar refractivity (Wildman–Crippen MR) is 94.8 cm³/mol. The van der Waals surface area contributed by atoms with Crippen LogP contribution >= 0.6 is 23.4 Å². The summed E-state index contributed by atoms with van der Waals surface area (Å²) in [6, 6.07) is 7.56. The van der Waals surface area contributed by atoms with E-state index in [2.05, 4.69) is 10.5 Å². The van der Waals surface area contributed by atoms with E-state index in [0.29, 0.717) is 22.6 Å². The molecule has 1 N–H and O–H groups in total. The highest BCUT2D eigenvalue weighted by Gasteiger charge is 2.46. The summed E-state index contributed by atoms with van der Waals surface area (Å²) in [4.78, 5) is 13.1. The quantitative estimate of drug-likeness (QED) is 0.648. The molecule has 5 heteroatoms. The molecule has 4 saturated carbocycles. The maximum atomic E-state index is 12.1. The number of thioether (sulfide) groups is 1. The molecule has 4 aliphatic carbocycles. The first-order valence-corrected chi connectivity index (χ1v) is 9.78. The summed E-state index contributed by atoms with van der Waals surface area (Å²) < 4.78 is 0. The molecule has 0 aliphatic heterocycles. The van der Waals surface area contributed by atoms with Crippen LogP contribution in [0.2, 0.25) is 5.02 Å². The highest BCUT2D eigenvalue weighted by molar-refractivity contribution is 8.00. The number of rotatable bonds is 4. The van der Waals surface area contributed by atoms with Gasteiger partial charge in [0.15, 0.2) is 0 Å². The average molecular weight is 349 g/mol. The zero-order valence-electron chi connectivity index (χ0n) is 13.0. The van der Waals surface area contributed by atoms with Crippen LogP contribution in [-0.2, 0) is 4.79 Å². The van der Waals surface area contributed by atoms with E-state index in [9.17, 15) is 4.79 Å². The predicted octanol–water partition coefficient (Wildman–Crippen LogP) is 4.36. The summed E-state index contributed by atoms with van der Waals surface area (Å²) in [7, 11) is 0. The Bertz CT molecular complexity index is 598. The minimum absolute atomic E-state index is 0.0220. The Balaban J connectivity index is 1.31. The van der Waals surface area contributed by atoms with Crippen molar-refractivity contribution < 1.29 is 4.79 Å². The molecule has 4 bridgehead atoms. The van der Waals surface area contributed by atoms with Gasteiger partial charge in [-0.25, -0.2) is 5.43 Å². The normalized spacial score (nSPS) is 31.3. The zero-order chi connectivity index (χ0) is 15.8. The first-order chi connectivity index (χ1) is 11.2. The summed E-state index contributed by atoms with van der Waals surface area (Å²) in [6.07, 6.45) is 6.61. The van der Waals surface area contributed by atoms with Crippen molar-refractivity contribution in [3.8, 4) is 0 Å². The third-order valence-corrected chi connectivity index (χ3v) is 6.73. The third-order valence-electron chi connectivity index (χ3n) is 5.47. The van der Waals surface area contributed by atoms with Crippen LogP contribution in [0.5, 0.6) is 0 Å². The van der Waals surface area contributed by atoms with Gasteiger partial charge in [0.25, 0.3) is 0 Å². The van der Waals surface area contributed by atoms with E-state index in [-0.39, 0.29) is 5.91 Å². The van der Waals surface area contributed by atoms with Crippen LogP contribution in [0.3, 0.4) is 0 Å². The van der Waals surface area contributed by atoms with Gasteiger partial charge in [-0.15, -0.1) is 11.8 Å². The lowest BCUT2D eigenvalue weighted by Gasteiger charge is -2.50.